The van der Waals surface area contributed by atoms with Crippen molar-refractivity contribution >= 4 is 11.8 Å². The van der Waals surface area contributed by atoms with Crippen LogP contribution in [0.2, 0.25) is 0 Å². The molecule has 1 unspecified atom stereocenters. The molecular formula is C18H15F3N2O4. The van der Waals surface area contributed by atoms with E-state index in [-0.39, 0.29) is 24.3 Å². The van der Waals surface area contributed by atoms with Crippen LogP contribution in [0.3, 0.4) is 0 Å². The average Bonchev–Trinajstić information content (AvgIpc) is 2.90. The maximum atomic E-state index is 13.2. The van der Waals surface area contributed by atoms with Crippen molar-refractivity contribution in [1.29, 1.82) is 0 Å². The minimum absolute atomic E-state index is 0.0642. The van der Waals surface area contributed by atoms with E-state index in [2.05, 4.69) is 0 Å². The third-order valence-electron chi connectivity index (χ3n) is 4.29. The fourth-order valence-electron chi connectivity index (χ4n) is 3.12. The monoisotopic (exact) mass is 380 g/mol. The fraction of sp³-hybridized carbons (Fsp3) is 0.278. The van der Waals surface area contributed by atoms with Gasteiger partial charge in [0.05, 0.1) is 17.9 Å². The number of non-ortho nitro benzene ring substituents is 1. The second kappa shape index (κ2) is 6.90. The quantitative estimate of drug-likeness (QED) is 0.570. The molecule has 1 amide bonds. The second-order valence-electron chi connectivity index (χ2n) is 6.30. The summed E-state index contributed by atoms with van der Waals surface area (Å²) in [5, 5.41) is 10.8. The van der Waals surface area contributed by atoms with E-state index in [1.165, 1.54) is 17.0 Å². The number of nitro groups is 1. The molecule has 0 N–H and O–H groups in total. The Bertz CT molecular complexity index is 840. The molecular weight excluding hydrogens is 365 g/mol. The summed E-state index contributed by atoms with van der Waals surface area (Å²) >= 11 is 0. The Kier molecular flexibility index (Phi) is 4.77. The van der Waals surface area contributed by atoms with Gasteiger partial charge < -0.3 is 4.74 Å². The summed E-state index contributed by atoms with van der Waals surface area (Å²) in [7, 11) is 0. The van der Waals surface area contributed by atoms with Gasteiger partial charge in [0.15, 0.2) is 5.60 Å². The molecule has 0 radical (unpaired) electrons. The highest BCUT2D eigenvalue weighted by atomic mass is 19.4. The molecule has 0 bridgehead atoms. The third-order valence-corrected chi connectivity index (χ3v) is 4.29. The van der Waals surface area contributed by atoms with Gasteiger partial charge in [0.2, 0.25) is 0 Å². The van der Waals surface area contributed by atoms with Crippen LogP contribution in [0, 0.1) is 10.1 Å². The van der Waals surface area contributed by atoms with Gasteiger partial charge in [-0.25, -0.2) is 4.79 Å². The lowest BCUT2D eigenvalue weighted by Crippen LogP contribution is -2.36. The van der Waals surface area contributed by atoms with Gasteiger partial charge >= 0.3 is 12.3 Å². The molecule has 0 aromatic heterocycles. The number of amides is 1. The van der Waals surface area contributed by atoms with Crippen molar-refractivity contribution in [2.75, 3.05) is 6.54 Å². The maximum absolute atomic E-state index is 13.2. The lowest BCUT2D eigenvalue weighted by molar-refractivity contribution is -0.384. The normalized spacial score (nSPS) is 19.8. The predicted molar refractivity (Wildman–Crippen MR) is 88.8 cm³/mol. The predicted octanol–water partition coefficient (Wildman–Crippen LogP) is 4.39. The molecule has 27 heavy (non-hydrogen) atoms. The summed E-state index contributed by atoms with van der Waals surface area (Å²) in [6.07, 6.45) is -6.83. The summed E-state index contributed by atoms with van der Waals surface area (Å²) in [6, 6.07) is 13.4. The van der Waals surface area contributed by atoms with Gasteiger partial charge in [-0.05, 0) is 23.3 Å². The Morgan fingerprint density at radius 3 is 2.30 bits per heavy atom. The first kappa shape index (κ1) is 18.7. The molecule has 0 spiro atoms. The Hall–Kier alpha value is -3.10. The van der Waals surface area contributed by atoms with Crippen LogP contribution < -0.4 is 0 Å². The maximum Gasteiger partial charge on any atom is 0.411 e. The third kappa shape index (κ3) is 4.18. The van der Waals surface area contributed by atoms with E-state index in [1.807, 2.05) is 0 Å². The van der Waals surface area contributed by atoms with E-state index in [1.54, 1.807) is 30.3 Å². The van der Waals surface area contributed by atoms with E-state index in [0.29, 0.717) is 0 Å². The first-order valence-corrected chi connectivity index (χ1v) is 8.02. The number of cyclic esters (lactones) is 1. The Morgan fingerprint density at radius 2 is 1.74 bits per heavy atom. The highest BCUT2D eigenvalue weighted by molar-refractivity contribution is 5.71. The highest BCUT2D eigenvalue weighted by Gasteiger charge is 2.53. The molecule has 0 aliphatic carbocycles. The first-order valence-electron chi connectivity index (χ1n) is 8.02. The van der Waals surface area contributed by atoms with E-state index in [4.69, 9.17) is 4.74 Å². The number of hydrogen-bond acceptors (Lipinski definition) is 4. The van der Waals surface area contributed by atoms with Gasteiger partial charge in [0.1, 0.15) is 0 Å². The number of carbonyl (C=O) groups excluding carboxylic acids is 1. The van der Waals surface area contributed by atoms with Gasteiger partial charge in [-0.3, -0.25) is 15.0 Å². The van der Waals surface area contributed by atoms with Gasteiger partial charge in [-0.1, -0.05) is 30.3 Å². The van der Waals surface area contributed by atoms with Crippen molar-refractivity contribution in [1.82, 2.24) is 4.90 Å². The number of carbonyl (C=O) groups is 1. The van der Waals surface area contributed by atoms with Gasteiger partial charge in [0, 0.05) is 18.7 Å². The highest BCUT2D eigenvalue weighted by Crippen LogP contribution is 2.43. The topological polar surface area (TPSA) is 72.7 Å². The molecule has 6 nitrogen and oxygen atoms in total. The largest absolute Gasteiger partial charge is 0.436 e. The zero-order valence-electron chi connectivity index (χ0n) is 14.0. The number of ether oxygens (including phenoxy) is 1. The van der Waals surface area contributed by atoms with E-state index in [0.717, 1.165) is 17.7 Å². The standard InChI is InChI=1S/C18H15F3N2O4/c19-18(20,21)11-17(14-6-8-15(9-7-14)23(25)26)12-22(16(24)27-17)10-13-4-2-1-3-5-13/h1-9H,10-12H2. The van der Waals surface area contributed by atoms with Crippen LogP contribution in [0.1, 0.15) is 17.5 Å². The lowest BCUT2D eigenvalue weighted by Gasteiger charge is -2.28. The molecule has 1 fully saturated rings. The first-order chi connectivity index (χ1) is 12.7. The van der Waals surface area contributed by atoms with Crippen molar-refractivity contribution in [3.63, 3.8) is 0 Å². The average molecular weight is 380 g/mol. The lowest BCUT2D eigenvalue weighted by atomic mass is 9.89. The van der Waals surface area contributed by atoms with E-state index in [9.17, 15) is 28.1 Å². The molecule has 142 valence electrons. The van der Waals surface area contributed by atoms with Gasteiger partial charge in [-0.2, -0.15) is 13.2 Å². The second-order valence-corrected chi connectivity index (χ2v) is 6.30. The molecule has 0 saturated carbocycles. The molecule has 3 rings (SSSR count). The zero-order valence-corrected chi connectivity index (χ0v) is 14.0. The van der Waals surface area contributed by atoms with Gasteiger partial charge in [-0.15, -0.1) is 0 Å². The summed E-state index contributed by atoms with van der Waals surface area (Å²) in [4.78, 5) is 23.6. The number of alkyl halides is 3. The zero-order chi connectivity index (χ0) is 19.7. The summed E-state index contributed by atoms with van der Waals surface area (Å²) in [5.41, 5.74) is -1.39. The molecule has 1 atom stereocenters. The number of rotatable bonds is 5. The molecule has 9 heteroatoms. The Morgan fingerprint density at radius 1 is 1.11 bits per heavy atom. The van der Waals surface area contributed by atoms with Crippen molar-refractivity contribution < 1.29 is 27.6 Å². The smallest absolute Gasteiger partial charge is 0.411 e. The van der Waals surface area contributed by atoms with E-state index >= 15 is 0 Å². The van der Waals surface area contributed by atoms with Crippen LogP contribution in [0.25, 0.3) is 0 Å². The Labute approximate surface area is 152 Å². The van der Waals surface area contributed by atoms with Gasteiger partial charge in [0.25, 0.3) is 5.69 Å². The van der Waals surface area contributed by atoms with E-state index < -0.39 is 29.2 Å². The fourth-order valence-corrected chi connectivity index (χ4v) is 3.12. The molecule has 1 aliphatic rings. The molecule has 2 aromatic rings. The van der Waals surface area contributed by atoms with Crippen molar-refractivity contribution in [3.05, 3.63) is 75.8 Å². The summed E-state index contributed by atoms with van der Waals surface area (Å²) in [5.74, 6) is 0. The molecule has 1 saturated heterocycles. The summed E-state index contributed by atoms with van der Waals surface area (Å²) < 4.78 is 44.8. The molecule has 2 aromatic carbocycles. The van der Waals surface area contributed by atoms with Crippen molar-refractivity contribution in [2.24, 2.45) is 0 Å². The number of nitrogens with zero attached hydrogens (tertiary/aromatic N) is 2. The van der Waals surface area contributed by atoms with Crippen LogP contribution in [0.5, 0.6) is 0 Å². The van der Waals surface area contributed by atoms with Crippen molar-refractivity contribution in [3.8, 4) is 0 Å². The van der Waals surface area contributed by atoms with Crippen LogP contribution >= 0.6 is 0 Å². The number of nitro benzene ring substituents is 1. The minimum atomic E-state index is -4.59. The summed E-state index contributed by atoms with van der Waals surface area (Å²) in [6.45, 7) is -0.204. The minimum Gasteiger partial charge on any atom is -0.436 e. The van der Waals surface area contributed by atoms with Crippen LogP contribution in [0.4, 0.5) is 23.7 Å². The SMILES string of the molecule is O=C1OC(CC(F)(F)F)(c2ccc([N+](=O)[O-])cc2)CN1Cc1ccccc1. The molecule has 1 heterocycles. The number of hydrogen-bond donors (Lipinski definition) is 0. The number of benzene rings is 2. The number of halogens is 3. The van der Waals surface area contributed by atoms with Crippen molar-refractivity contribution in [2.45, 2.75) is 24.7 Å². The Balaban J connectivity index is 1.92. The molecule has 1 aliphatic heterocycles. The van der Waals surface area contributed by atoms with Crippen LogP contribution in [0.15, 0.2) is 54.6 Å². The van der Waals surface area contributed by atoms with Crippen LogP contribution in [-0.4, -0.2) is 28.6 Å². The van der Waals surface area contributed by atoms with Crippen LogP contribution in [-0.2, 0) is 16.9 Å².